The van der Waals surface area contributed by atoms with Crippen molar-refractivity contribution in [3.05, 3.63) is 35.2 Å². The standard InChI is InChI=1S/C15H20N4O3/c1-10(2)6-12-7-11(4-5-13(12)22-3)8-14-16-18-19(17-14)9-15(20)21/h4-5,7,10H,6,8-9H2,1-3H3,(H,20,21). The second kappa shape index (κ2) is 7.02. The predicted molar refractivity (Wildman–Crippen MR) is 79.8 cm³/mol. The first kappa shape index (κ1) is 15.9. The molecule has 0 saturated carbocycles. The summed E-state index contributed by atoms with van der Waals surface area (Å²) in [5, 5.41) is 20.4. The number of methoxy groups -OCH3 is 1. The molecule has 0 aliphatic rings. The van der Waals surface area contributed by atoms with Gasteiger partial charge in [0.1, 0.15) is 5.75 Å². The second-order valence-electron chi connectivity index (χ2n) is 5.55. The van der Waals surface area contributed by atoms with E-state index in [9.17, 15) is 4.79 Å². The van der Waals surface area contributed by atoms with Crippen LogP contribution in [0.5, 0.6) is 5.75 Å². The normalized spacial score (nSPS) is 10.9. The van der Waals surface area contributed by atoms with E-state index in [-0.39, 0.29) is 6.54 Å². The lowest BCUT2D eigenvalue weighted by Gasteiger charge is -2.12. The number of rotatable bonds is 7. The molecule has 0 aliphatic heterocycles. The molecule has 1 N–H and O–H groups in total. The third kappa shape index (κ3) is 4.28. The number of hydrogen-bond donors (Lipinski definition) is 1. The summed E-state index contributed by atoms with van der Waals surface area (Å²) in [6.45, 7) is 4.03. The molecule has 7 nitrogen and oxygen atoms in total. The van der Waals surface area contributed by atoms with E-state index in [0.717, 1.165) is 28.1 Å². The molecule has 0 aliphatic carbocycles. The number of aromatic nitrogens is 4. The minimum absolute atomic E-state index is 0.284. The molecule has 0 atom stereocenters. The van der Waals surface area contributed by atoms with Crippen molar-refractivity contribution in [1.29, 1.82) is 0 Å². The summed E-state index contributed by atoms with van der Waals surface area (Å²) in [5.74, 6) is 0.910. The fraction of sp³-hybridized carbons (Fsp3) is 0.467. The highest BCUT2D eigenvalue weighted by atomic mass is 16.5. The third-order valence-corrected chi connectivity index (χ3v) is 3.11. The van der Waals surface area contributed by atoms with Crippen molar-refractivity contribution >= 4 is 5.97 Å². The number of carboxylic acid groups (broad SMARTS) is 1. The van der Waals surface area contributed by atoms with Crippen molar-refractivity contribution in [3.63, 3.8) is 0 Å². The lowest BCUT2D eigenvalue weighted by atomic mass is 9.99. The Labute approximate surface area is 128 Å². The number of carboxylic acids is 1. The van der Waals surface area contributed by atoms with Crippen LogP contribution < -0.4 is 4.74 Å². The van der Waals surface area contributed by atoms with Gasteiger partial charge < -0.3 is 9.84 Å². The summed E-state index contributed by atoms with van der Waals surface area (Å²) in [7, 11) is 1.66. The van der Waals surface area contributed by atoms with Crippen molar-refractivity contribution in [3.8, 4) is 5.75 Å². The number of benzene rings is 1. The van der Waals surface area contributed by atoms with Crippen LogP contribution >= 0.6 is 0 Å². The number of carbonyl (C=O) groups is 1. The molecule has 0 amide bonds. The lowest BCUT2D eigenvalue weighted by Crippen LogP contribution is -2.11. The van der Waals surface area contributed by atoms with E-state index in [1.807, 2.05) is 12.1 Å². The van der Waals surface area contributed by atoms with E-state index in [2.05, 4.69) is 35.3 Å². The van der Waals surface area contributed by atoms with E-state index < -0.39 is 5.97 Å². The average molecular weight is 304 g/mol. The number of aliphatic carboxylic acids is 1. The molecule has 22 heavy (non-hydrogen) atoms. The van der Waals surface area contributed by atoms with Gasteiger partial charge in [0, 0.05) is 6.42 Å². The molecule has 0 radical (unpaired) electrons. The molecule has 1 aromatic carbocycles. The summed E-state index contributed by atoms with van der Waals surface area (Å²) >= 11 is 0. The number of hydrogen-bond acceptors (Lipinski definition) is 5. The molecule has 2 rings (SSSR count). The van der Waals surface area contributed by atoms with Crippen LogP contribution in [0.25, 0.3) is 0 Å². The maximum Gasteiger partial charge on any atom is 0.327 e. The van der Waals surface area contributed by atoms with Gasteiger partial charge in [-0.3, -0.25) is 4.79 Å². The summed E-state index contributed by atoms with van der Waals surface area (Å²) < 4.78 is 5.39. The summed E-state index contributed by atoms with van der Waals surface area (Å²) in [6.07, 6.45) is 1.44. The molecule has 2 aromatic rings. The highest BCUT2D eigenvalue weighted by molar-refractivity contribution is 5.66. The predicted octanol–water partition coefficient (Wildman–Crippen LogP) is 1.56. The first-order valence-corrected chi connectivity index (χ1v) is 7.12. The van der Waals surface area contributed by atoms with E-state index in [4.69, 9.17) is 9.84 Å². The van der Waals surface area contributed by atoms with Gasteiger partial charge in [-0.25, -0.2) is 0 Å². The molecule has 0 spiro atoms. The van der Waals surface area contributed by atoms with Crippen LogP contribution in [0.2, 0.25) is 0 Å². The monoisotopic (exact) mass is 304 g/mol. The molecule has 7 heteroatoms. The van der Waals surface area contributed by atoms with E-state index in [1.165, 1.54) is 0 Å². The zero-order valence-corrected chi connectivity index (χ0v) is 13.0. The molecule has 1 aromatic heterocycles. The largest absolute Gasteiger partial charge is 0.496 e. The SMILES string of the molecule is COc1ccc(Cc2nnn(CC(=O)O)n2)cc1CC(C)C. The van der Waals surface area contributed by atoms with Crippen molar-refractivity contribution in [2.24, 2.45) is 5.92 Å². The minimum Gasteiger partial charge on any atom is -0.496 e. The topological polar surface area (TPSA) is 90.1 Å². The molecule has 1 heterocycles. The fourth-order valence-electron chi connectivity index (χ4n) is 2.26. The van der Waals surface area contributed by atoms with Gasteiger partial charge in [-0.2, -0.15) is 4.80 Å². The van der Waals surface area contributed by atoms with Gasteiger partial charge in [0.2, 0.25) is 0 Å². The first-order valence-electron chi connectivity index (χ1n) is 7.12. The Bertz CT molecular complexity index is 652. The van der Waals surface area contributed by atoms with Crippen LogP contribution in [0.15, 0.2) is 18.2 Å². The Morgan fingerprint density at radius 2 is 2.18 bits per heavy atom. The second-order valence-corrected chi connectivity index (χ2v) is 5.55. The number of tetrazole rings is 1. The van der Waals surface area contributed by atoms with Gasteiger partial charge in [-0.15, -0.1) is 10.2 Å². The summed E-state index contributed by atoms with van der Waals surface area (Å²) in [6, 6.07) is 5.98. The highest BCUT2D eigenvalue weighted by Crippen LogP contribution is 2.23. The zero-order chi connectivity index (χ0) is 16.1. The van der Waals surface area contributed by atoms with Crippen LogP contribution in [0, 0.1) is 5.92 Å². The molecule has 0 fully saturated rings. The number of ether oxygens (including phenoxy) is 1. The Hall–Kier alpha value is -2.44. The quantitative estimate of drug-likeness (QED) is 0.834. The average Bonchev–Trinajstić information content (AvgIpc) is 2.84. The van der Waals surface area contributed by atoms with Gasteiger partial charge in [-0.1, -0.05) is 26.0 Å². The maximum absolute atomic E-state index is 10.6. The van der Waals surface area contributed by atoms with Crippen LogP contribution in [0.4, 0.5) is 0 Å². The minimum atomic E-state index is -0.993. The smallest absolute Gasteiger partial charge is 0.327 e. The zero-order valence-electron chi connectivity index (χ0n) is 13.0. The van der Waals surface area contributed by atoms with Crippen molar-refractivity contribution in [2.75, 3.05) is 7.11 Å². The Morgan fingerprint density at radius 3 is 2.82 bits per heavy atom. The Balaban J connectivity index is 2.15. The molecular formula is C15H20N4O3. The molecule has 0 saturated heterocycles. The Kier molecular flexibility index (Phi) is 5.08. The van der Waals surface area contributed by atoms with Crippen LogP contribution in [0.1, 0.15) is 30.8 Å². The highest BCUT2D eigenvalue weighted by Gasteiger charge is 2.10. The van der Waals surface area contributed by atoms with Crippen LogP contribution in [0.3, 0.4) is 0 Å². The summed E-state index contributed by atoms with van der Waals surface area (Å²) in [5.41, 5.74) is 2.19. The molecule has 0 bridgehead atoms. The van der Waals surface area contributed by atoms with E-state index >= 15 is 0 Å². The van der Waals surface area contributed by atoms with Crippen LogP contribution in [-0.2, 0) is 24.2 Å². The van der Waals surface area contributed by atoms with Gasteiger partial charge in [0.15, 0.2) is 12.4 Å². The molecule has 0 unspecified atom stereocenters. The van der Waals surface area contributed by atoms with Crippen molar-refractivity contribution in [1.82, 2.24) is 20.2 Å². The van der Waals surface area contributed by atoms with Crippen LogP contribution in [-0.4, -0.2) is 38.4 Å². The maximum atomic E-state index is 10.6. The lowest BCUT2D eigenvalue weighted by molar-refractivity contribution is -0.138. The van der Waals surface area contributed by atoms with Crippen molar-refractivity contribution < 1.29 is 14.6 Å². The summed E-state index contributed by atoms with van der Waals surface area (Å²) in [4.78, 5) is 11.7. The van der Waals surface area contributed by atoms with E-state index in [1.54, 1.807) is 7.11 Å². The Morgan fingerprint density at radius 1 is 1.41 bits per heavy atom. The van der Waals surface area contributed by atoms with Crippen molar-refractivity contribution in [2.45, 2.75) is 33.2 Å². The molecule has 118 valence electrons. The van der Waals surface area contributed by atoms with Gasteiger partial charge in [-0.05, 0) is 34.7 Å². The number of nitrogens with zero attached hydrogens (tertiary/aromatic N) is 4. The van der Waals surface area contributed by atoms with Gasteiger partial charge >= 0.3 is 5.97 Å². The van der Waals surface area contributed by atoms with E-state index in [0.29, 0.717) is 18.2 Å². The fourth-order valence-corrected chi connectivity index (χ4v) is 2.26. The molecular weight excluding hydrogens is 284 g/mol. The van der Waals surface area contributed by atoms with Gasteiger partial charge in [0.05, 0.1) is 7.11 Å². The third-order valence-electron chi connectivity index (χ3n) is 3.11. The van der Waals surface area contributed by atoms with Gasteiger partial charge in [0.25, 0.3) is 0 Å². The first-order chi connectivity index (χ1) is 10.5.